The van der Waals surface area contributed by atoms with Gasteiger partial charge in [0.15, 0.2) is 5.78 Å². The van der Waals surface area contributed by atoms with Crippen molar-refractivity contribution in [3.63, 3.8) is 0 Å². The van der Waals surface area contributed by atoms with Gasteiger partial charge in [0.2, 0.25) is 0 Å². The van der Waals surface area contributed by atoms with Crippen LogP contribution in [0, 0.1) is 0 Å². The average Bonchev–Trinajstić information content (AvgIpc) is 2.89. The van der Waals surface area contributed by atoms with Crippen molar-refractivity contribution in [2.24, 2.45) is 0 Å². The van der Waals surface area contributed by atoms with E-state index in [9.17, 15) is 9.90 Å². The molecule has 1 aromatic rings. The van der Waals surface area contributed by atoms with E-state index in [0.29, 0.717) is 12.2 Å². The first-order valence-electron chi connectivity index (χ1n) is 5.20. The third-order valence-corrected chi connectivity index (χ3v) is 2.67. The summed E-state index contributed by atoms with van der Waals surface area (Å²) in [5, 5.41) is 10.0. The van der Waals surface area contributed by atoms with Gasteiger partial charge in [-0.1, -0.05) is 30.3 Å². The summed E-state index contributed by atoms with van der Waals surface area (Å²) in [4.78, 5) is 11.3. The van der Waals surface area contributed by atoms with Crippen molar-refractivity contribution in [3.05, 3.63) is 35.9 Å². The van der Waals surface area contributed by atoms with E-state index in [-0.39, 0.29) is 0 Å². The molecule has 1 heterocycles. The predicted molar refractivity (Wildman–Crippen MR) is 56.5 cm³/mol. The fourth-order valence-corrected chi connectivity index (χ4v) is 1.81. The van der Waals surface area contributed by atoms with Crippen LogP contribution < -0.4 is 0 Å². The second kappa shape index (κ2) is 3.66. The number of epoxide rings is 1. The van der Waals surface area contributed by atoms with Crippen molar-refractivity contribution in [2.45, 2.75) is 25.4 Å². The molecule has 1 aliphatic heterocycles. The Morgan fingerprint density at radius 3 is 2.50 bits per heavy atom. The van der Waals surface area contributed by atoms with Gasteiger partial charge in [-0.3, -0.25) is 9.53 Å². The van der Waals surface area contributed by atoms with Crippen LogP contribution in [-0.4, -0.2) is 23.3 Å². The molecule has 1 aliphatic rings. The monoisotopic (exact) mass is 222 g/mol. The number of hydrogen-bond acceptors (Lipinski definition) is 4. The Kier molecular flexibility index (Phi) is 2.58. The molecule has 4 nitrogen and oxygen atoms in total. The molecular formula is C12H14O4. The second-order valence-corrected chi connectivity index (χ2v) is 3.72. The minimum Gasteiger partial charge on any atom is -0.355 e. The lowest BCUT2D eigenvalue weighted by Gasteiger charge is -2.14. The van der Waals surface area contributed by atoms with Crippen molar-refractivity contribution in [1.29, 1.82) is 0 Å². The highest BCUT2D eigenvalue weighted by Crippen LogP contribution is 2.55. The summed E-state index contributed by atoms with van der Waals surface area (Å²) < 4.78 is 10.6. The van der Waals surface area contributed by atoms with E-state index < -0.39 is 17.4 Å². The van der Waals surface area contributed by atoms with Crippen LogP contribution in [0.4, 0.5) is 0 Å². The number of carbonyl (C=O) groups excluding carboxylic acids is 1. The summed E-state index contributed by atoms with van der Waals surface area (Å²) in [7, 11) is 0. The molecule has 4 heteroatoms. The van der Waals surface area contributed by atoms with Crippen LogP contribution in [0.25, 0.3) is 0 Å². The standard InChI is InChI=1S/C12H14O4/c1-3-15-12(10-7-5-4-6-8-10)11(14,16-12)9(2)13/h4-8,14H,3H2,1-2H3. The molecule has 86 valence electrons. The van der Waals surface area contributed by atoms with Crippen LogP contribution in [0.15, 0.2) is 30.3 Å². The van der Waals surface area contributed by atoms with Gasteiger partial charge < -0.3 is 9.84 Å². The van der Waals surface area contributed by atoms with Gasteiger partial charge in [0.1, 0.15) is 0 Å². The lowest BCUT2D eigenvalue weighted by Crippen LogP contribution is -2.33. The van der Waals surface area contributed by atoms with E-state index >= 15 is 0 Å². The van der Waals surface area contributed by atoms with Crippen molar-refractivity contribution < 1.29 is 19.4 Å². The lowest BCUT2D eigenvalue weighted by molar-refractivity contribution is -0.136. The maximum atomic E-state index is 11.3. The number of benzene rings is 1. The number of ketones is 1. The molecule has 0 amide bonds. The molecule has 1 aromatic carbocycles. The predicted octanol–water partition coefficient (Wildman–Crippen LogP) is 1.18. The maximum Gasteiger partial charge on any atom is 0.290 e. The van der Waals surface area contributed by atoms with Gasteiger partial charge in [0.25, 0.3) is 11.6 Å². The number of carbonyl (C=O) groups is 1. The topological polar surface area (TPSA) is 59.1 Å². The van der Waals surface area contributed by atoms with E-state index in [0.717, 1.165) is 0 Å². The Bertz CT molecular complexity index is 403. The Hall–Kier alpha value is -1.23. The molecule has 0 aromatic heterocycles. The zero-order valence-electron chi connectivity index (χ0n) is 9.27. The Morgan fingerprint density at radius 1 is 1.44 bits per heavy atom. The SMILES string of the molecule is CCOC1(c2ccccc2)OC1(O)C(C)=O. The summed E-state index contributed by atoms with van der Waals surface area (Å²) in [6.07, 6.45) is 0. The van der Waals surface area contributed by atoms with Gasteiger partial charge in [0, 0.05) is 19.1 Å². The molecule has 1 fully saturated rings. The van der Waals surface area contributed by atoms with Gasteiger partial charge >= 0.3 is 0 Å². The largest absolute Gasteiger partial charge is 0.355 e. The summed E-state index contributed by atoms with van der Waals surface area (Å²) in [5.41, 5.74) is 0.648. The molecule has 2 rings (SSSR count). The molecule has 1 saturated heterocycles. The molecule has 0 radical (unpaired) electrons. The number of rotatable bonds is 4. The van der Waals surface area contributed by atoms with Crippen LogP contribution in [0.5, 0.6) is 0 Å². The van der Waals surface area contributed by atoms with E-state index in [1.807, 2.05) is 6.07 Å². The van der Waals surface area contributed by atoms with Gasteiger partial charge in [-0.05, 0) is 6.92 Å². The number of hydrogen-bond donors (Lipinski definition) is 1. The summed E-state index contributed by atoms with van der Waals surface area (Å²) >= 11 is 0. The number of Topliss-reactive ketones (excluding diaryl/α,β-unsaturated/α-hetero) is 1. The summed E-state index contributed by atoms with van der Waals surface area (Å²) in [5.74, 6) is -3.62. The average molecular weight is 222 g/mol. The van der Waals surface area contributed by atoms with Gasteiger partial charge in [0.05, 0.1) is 0 Å². The van der Waals surface area contributed by atoms with Crippen LogP contribution in [-0.2, 0) is 20.1 Å². The van der Waals surface area contributed by atoms with Crippen molar-refractivity contribution in [2.75, 3.05) is 6.61 Å². The normalized spacial score (nSPS) is 32.4. The summed E-state index contributed by atoms with van der Waals surface area (Å²) in [6, 6.07) is 8.97. The minimum absolute atomic E-state index is 0.352. The third kappa shape index (κ3) is 1.38. The fraction of sp³-hybridized carbons (Fsp3) is 0.417. The Labute approximate surface area is 93.8 Å². The second-order valence-electron chi connectivity index (χ2n) is 3.72. The molecule has 0 saturated carbocycles. The van der Waals surface area contributed by atoms with Crippen LogP contribution in [0.2, 0.25) is 0 Å². The quantitative estimate of drug-likeness (QED) is 0.777. The van der Waals surface area contributed by atoms with Crippen LogP contribution >= 0.6 is 0 Å². The third-order valence-electron chi connectivity index (χ3n) is 2.67. The minimum atomic E-state index is -1.84. The van der Waals surface area contributed by atoms with Crippen molar-refractivity contribution >= 4 is 5.78 Å². The molecule has 0 spiro atoms. The summed E-state index contributed by atoms with van der Waals surface area (Å²) in [6.45, 7) is 3.42. The smallest absolute Gasteiger partial charge is 0.290 e. The van der Waals surface area contributed by atoms with Crippen LogP contribution in [0.3, 0.4) is 0 Å². The molecule has 1 N–H and O–H groups in total. The molecule has 2 unspecified atom stereocenters. The molecule has 0 bridgehead atoms. The van der Waals surface area contributed by atoms with E-state index in [2.05, 4.69) is 0 Å². The van der Waals surface area contributed by atoms with E-state index in [1.54, 1.807) is 31.2 Å². The molecular weight excluding hydrogens is 208 g/mol. The van der Waals surface area contributed by atoms with Crippen LogP contribution in [0.1, 0.15) is 19.4 Å². The van der Waals surface area contributed by atoms with Crippen molar-refractivity contribution in [1.82, 2.24) is 0 Å². The fourth-order valence-electron chi connectivity index (χ4n) is 1.81. The first-order valence-corrected chi connectivity index (χ1v) is 5.20. The lowest BCUT2D eigenvalue weighted by atomic mass is 10.0. The van der Waals surface area contributed by atoms with Crippen molar-refractivity contribution in [3.8, 4) is 0 Å². The molecule has 16 heavy (non-hydrogen) atoms. The van der Waals surface area contributed by atoms with Gasteiger partial charge in [-0.25, -0.2) is 0 Å². The Morgan fingerprint density at radius 2 is 2.06 bits per heavy atom. The number of ether oxygens (including phenoxy) is 2. The highest BCUT2D eigenvalue weighted by Gasteiger charge is 2.76. The van der Waals surface area contributed by atoms with E-state index in [1.165, 1.54) is 6.92 Å². The number of aliphatic hydroxyl groups is 1. The highest BCUT2D eigenvalue weighted by molar-refractivity contribution is 5.87. The van der Waals surface area contributed by atoms with Gasteiger partial charge in [-0.15, -0.1) is 0 Å². The van der Waals surface area contributed by atoms with E-state index in [4.69, 9.17) is 9.47 Å². The highest BCUT2D eigenvalue weighted by atomic mass is 16.9. The first-order chi connectivity index (χ1) is 7.57. The zero-order valence-corrected chi connectivity index (χ0v) is 9.27. The molecule has 2 atom stereocenters. The molecule has 0 aliphatic carbocycles. The Balaban J connectivity index is 2.38. The maximum absolute atomic E-state index is 11.3. The zero-order chi connectivity index (χ0) is 11.8. The van der Waals surface area contributed by atoms with Gasteiger partial charge in [-0.2, -0.15) is 0 Å². The first kappa shape index (κ1) is 11.3.